The minimum Gasteiger partial charge on any atom is -0.457 e. The summed E-state index contributed by atoms with van der Waals surface area (Å²) in [6.07, 6.45) is 1.86. The molecule has 80 valence electrons. The van der Waals surface area contributed by atoms with E-state index in [-0.39, 0.29) is 0 Å². The Morgan fingerprint density at radius 3 is 2.93 bits per heavy atom. The molecule has 0 unspecified atom stereocenters. The Balaban J connectivity index is 2.16. The number of fused-ring (bicyclic) bond motifs is 1. The average molecular weight is 205 g/mol. The number of hydrogen-bond donors (Lipinski definition) is 2. The lowest BCUT2D eigenvalue weighted by Gasteiger charge is -2.21. The first-order valence-corrected chi connectivity index (χ1v) is 4.83. The van der Waals surface area contributed by atoms with Crippen molar-refractivity contribution in [3.63, 3.8) is 0 Å². The van der Waals surface area contributed by atoms with Gasteiger partial charge in [0.2, 0.25) is 0 Å². The van der Waals surface area contributed by atoms with Crippen LogP contribution in [0.2, 0.25) is 0 Å². The van der Waals surface area contributed by atoms with Gasteiger partial charge in [-0.15, -0.1) is 0 Å². The van der Waals surface area contributed by atoms with E-state index in [1.165, 1.54) is 0 Å². The number of ether oxygens (including phenoxy) is 1. The van der Waals surface area contributed by atoms with Gasteiger partial charge in [-0.05, 0) is 32.3 Å². The van der Waals surface area contributed by atoms with Crippen LogP contribution in [0.25, 0.3) is 0 Å². The molecular formula is C11H15N3O. The maximum Gasteiger partial charge on any atom is 0.150 e. The fraction of sp³-hybridized carbons (Fsp3) is 0.273. The van der Waals surface area contributed by atoms with Crippen LogP contribution in [0.15, 0.2) is 30.2 Å². The van der Waals surface area contributed by atoms with Crippen LogP contribution in [0.5, 0.6) is 5.75 Å². The predicted octanol–water partition coefficient (Wildman–Crippen LogP) is 1.48. The Morgan fingerprint density at radius 1 is 1.40 bits per heavy atom. The molecular weight excluding hydrogens is 190 g/mol. The summed E-state index contributed by atoms with van der Waals surface area (Å²) in [4.78, 5) is 2.05. The number of anilines is 2. The van der Waals surface area contributed by atoms with Gasteiger partial charge >= 0.3 is 0 Å². The van der Waals surface area contributed by atoms with Crippen molar-refractivity contribution in [1.82, 2.24) is 4.90 Å². The Bertz CT molecular complexity index is 399. The van der Waals surface area contributed by atoms with Crippen molar-refractivity contribution in [2.24, 2.45) is 0 Å². The van der Waals surface area contributed by atoms with Crippen LogP contribution in [-0.4, -0.2) is 25.5 Å². The van der Waals surface area contributed by atoms with Crippen molar-refractivity contribution in [3.05, 3.63) is 30.2 Å². The van der Waals surface area contributed by atoms with Gasteiger partial charge in [-0.1, -0.05) is 0 Å². The summed E-state index contributed by atoms with van der Waals surface area (Å²) >= 11 is 0. The number of nitrogens with zero attached hydrogens (tertiary/aromatic N) is 1. The third-order valence-electron chi connectivity index (χ3n) is 2.11. The summed E-state index contributed by atoms with van der Waals surface area (Å²) in [7, 11) is 4.01. The Kier molecular flexibility index (Phi) is 2.51. The SMILES string of the molecule is CN(C)CC1=CNc2cc(N)ccc2O1. The van der Waals surface area contributed by atoms with E-state index in [0.717, 1.165) is 29.4 Å². The highest BCUT2D eigenvalue weighted by atomic mass is 16.5. The largest absolute Gasteiger partial charge is 0.457 e. The molecule has 0 saturated carbocycles. The van der Waals surface area contributed by atoms with E-state index in [9.17, 15) is 0 Å². The van der Waals surface area contributed by atoms with E-state index < -0.39 is 0 Å². The maximum absolute atomic E-state index is 5.70. The molecule has 4 nitrogen and oxygen atoms in total. The molecule has 1 aromatic carbocycles. The molecule has 0 saturated heterocycles. The van der Waals surface area contributed by atoms with Crippen molar-refractivity contribution in [2.45, 2.75) is 0 Å². The molecule has 0 radical (unpaired) electrons. The van der Waals surface area contributed by atoms with Crippen LogP contribution < -0.4 is 15.8 Å². The fourth-order valence-corrected chi connectivity index (χ4v) is 1.47. The molecule has 1 aliphatic heterocycles. The Morgan fingerprint density at radius 2 is 2.20 bits per heavy atom. The van der Waals surface area contributed by atoms with E-state index in [0.29, 0.717) is 0 Å². The molecule has 1 aromatic rings. The van der Waals surface area contributed by atoms with Crippen LogP contribution >= 0.6 is 0 Å². The van der Waals surface area contributed by atoms with Gasteiger partial charge in [-0.3, -0.25) is 0 Å². The van der Waals surface area contributed by atoms with Gasteiger partial charge in [-0.25, -0.2) is 0 Å². The lowest BCUT2D eigenvalue weighted by molar-refractivity contribution is 0.334. The van der Waals surface area contributed by atoms with Gasteiger partial charge in [0.25, 0.3) is 0 Å². The van der Waals surface area contributed by atoms with Gasteiger partial charge in [0.05, 0.1) is 12.2 Å². The smallest absolute Gasteiger partial charge is 0.150 e. The quantitative estimate of drug-likeness (QED) is 0.718. The van der Waals surface area contributed by atoms with Crippen molar-refractivity contribution in [2.75, 3.05) is 31.7 Å². The van der Waals surface area contributed by atoms with Crippen LogP contribution in [0, 0.1) is 0 Å². The molecule has 1 heterocycles. The third kappa shape index (κ3) is 2.22. The lowest BCUT2D eigenvalue weighted by atomic mass is 10.2. The molecule has 0 spiro atoms. The van der Waals surface area contributed by atoms with Crippen molar-refractivity contribution < 1.29 is 4.74 Å². The van der Waals surface area contributed by atoms with E-state index in [1.54, 1.807) is 0 Å². The summed E-state index contributed by atoms with van der Waals surface area (Å²) in [5.74, 6) is 1.72. The highest BCUT2D eigenvalue weighted by Crippen LogP contribution is 2.31. The molecule has 3 N–H and O–H groups in total. The molecule has 0 aromatic heterocycles. The van der Waals surface area contributed by atoms with Crippen molar-refractivity contribution in [3.8, 4) is 5.75 Å². The number of likely N-dealkylation sites (N-methyl/N-ethyl adjacent to an activating group) is 1. The first-order chi connectivity index (χ1) is 7.15. The first kappa shape index (κ1) is 9.86. The number of hydrogen-bond acceptors (Lipinski definition) is 4. The van der Waals surface area contributed by atoms with Crippen LogP contribution in [0.3, 0.4) is 0 Å². The highest BCUT2D eigenvalue weighted by molar-refractivity contribution is 5.66. The second-order valence-electron chi connectivity index (χ2n) is 3.85. The zero-order valence-corrected chi connectivity index (χ0v) is 8.95. The third-order valence-corrected chi connectivity index (χ3v) is 2.11. The number of nitrogen functional groups attached to an aromatic ring is 1. The molecule has 4 heteroatoms. The van der Waals surface area contributed by atoms with Gasteiger partial charge in [0.15, 0.2) is 5.75 Å². The summed E-state index contributed by atoms with van der Waals surface area (Å²) in [6, 6.07) is 5.57. The summed E-state index contributed by atoms with van der Waals surface area (Å²) < 4.78 is 5.70. The number of rotatable bonds is 2. The summed E-state index contributed by atoms with van der Waals surface area (Å²) in [5, 5.41) is 3.17. The van der Waals surface area contributed by atoms with Crippen LogP contribution in [0.4, 0.5) is 11.4 Å². The van der Waals surface area contributed by atoms with E-state index in [4.69, 9.17) is 10.5 Å². The van der Waals surface area contributed by atoms with Gasteiger partial charge in [0, 0.05) is 11.9 Å². The van der Waals surface area contributed by atoms with Crippen LogP contribution in [-0.2, 0) is 0 Å². The van der Waals surface area contributed by atoms with Gasteiger partial charge in [0.1, 0.15) is 5.76 Å². The molecule has 1 aliphatic rings. The van der Waals surface area contributed by atoms with Crippen molar-refractivity contribution in [1.29, 1.82) is 0 Å². The normalized spacial score (nSPS) is 13.9. The second-order valence-corrected chi connectivity index (χ2v) is 3.85. The number of nitrogens with one attached hydrogen (secondary N) is 1. The molecule has 15 heavy (non-hydrogen) atoms. The average Bonchev–Trinajstić information content (AvgIpc) is 2.17. The Labute approximate surface area is 89.3 Å². The molecule has 0 amide bonds. The molecule has 2 rings (SSSR count). The van der Waals surface area contributed by atoms with Crippen LogP contribution in [0.1, 0.15) is 0 Å². The van der Waals surface area contributed by atoms with Gasteiger partial charge < -0.3 is 20.7 Å². The predicted molar refractivity (Wildman–Crippen MR) is 61.7 cm³/mol. The first-order valence-electron chi connectivity index (χ1n) is 4.83. The van der Waals surface area contributed by atoms with E-state index in [2.05, 4.69) is 10.2 Å². The van der Waals surface area contributed by atoms with Crippen molar-refractivity contribution >= 4 is 11.4 Å². The lowest BCUT2D eigenvalue weighted by Crippen LogP contribution is -2.20. The van der Waals surface area contributed by atoms with Gasteiger partial charge in [-0.2, -0.15) is 0 Å². The molecule has 0 aliphatic carbocycles. The summed E-state index contributed by atoms with van der Waals surface area (Å²) in [6.45, 7) is 0.775. The van der Waals surface area contributed by atoms with E-state index >= 15 is 0 Å². The minimum atomic E-state index is 0.731. The minimum absolute atomic E-state index is 0.731. The zero-order chi connectivity index (χ0) is 10.8. The number of nitrogens with two attached hydrogens (primary N) is 1. The molecule has 0 bridgehead atoms. The fourth-order valence-electron chi connectivity index (χ4n) is 1.47. The highest BCUT2D eigenvalue weighted by Gasteiger charge is 2.12. The number of benzene rings is 1. The standard InChI is InChI=1S/C11H15N3O/c1-14(2)7-9-6-13-10-5-8(12)3-4-11(10)15-9/h3-6,13H,7,12H2,1-2H3. The topological polar surface area (TPSA) is 50.5 Å². The Hall–Kier alpha value is -1.68. The summed E-state index contributed by atoms with van der Waals surface area (Å²) in [5.41, 5.74) is 7.32. The molecule has 0 fully saturated rings. The molecule has 0 atom stereocenters. The maximum atomic E-state index is 5.70. The second kappa shape index (κ2) is 3.82. The zero-order valence-electron chi connectivity index (χ0n) is 8.95. The monoisotopic (exact) mass is 205 g/mol. The van der Waals surface area contributed by atoms with E-state index in [1.807, 2.05) is 38.5 Å².